The number of benzene rings is 1. The quantitative estimate of drug-likeness (QED) is 0.879. The Morgan fingerprint density at radius 2 is 2.05 bits per heavy atom. The van der Waals surface area contributed by atoms with E-state index in [0.29, 0.717) is 11.4 Å². The number of ether oxygens (including phenoxy) is 1. The van der Waals surface area contributed by atoms with Gasteiger partial charge in [-0.15, -0.1) is 0 Å². The van der Waals surface area contributed by atoms with Crippen molar-refractivity contribution in [2.75, 3.05) is 12.4 Å². The number of carbonyl (C=O) groups excluding carboxylic acids is 1. The van der Waals surface area contributed by atoms with Gasteiger partial charge in [0.25, 0.3) is 5.91 Å². The summed E-state index contributed by atoms with van der Waals surface area (Å²) in [7, 11) is 3.03. The second-order valence-corrected chi connectivity index (χ2v) is 4.02. The first-order valence-corrected chi connectivity index (χ1v) is 5.74. The van der Waals surface area contributed by atoms with Gasteiger partial charge in [-0.05, 0) is 12.1 Å². The number of rotatable bonds is 4. The van der Waals surface area contributed by atoms with Crippen molar-refractivity contribution in [3.63, 3.8) is 0 Å². The number of hydrogen-bond donors (Lipinski definition) is 2. The highest BCUT2D eigenvalue weighted by Gasteiger charge is 2.21. The number of nitrogens with zero attached hydrogens (tertiary/aromatic N) is 2. The molecule has 0 aliphatic carbocycles. The van der Waals surface area contributed by atoms with E-state index in [1.807, 2.05) is 0 Å². The van der Waals surface area contributed by atoms with Crippen molar-refractivity contribution < 1.29 is 19.4 Å². The van der Waals surface area contributed by atoms with E-state index in [4.69, 9.17) is 9.84 Å². The Morgan fingerprint density at radius 1 is 1.35 bits per heavy atom. The molecule has 20 heavy (non-hydrogen) atoms. The summed E-state index contributed by atoms with van der Waals surface area (Å²) >= 11 is 0. The van der Waals surface area contributed by atoms with Crippen LogP contribution in [0.15, 0.2) is 30.5 Å². The fourth-order valence-corrected chi connectivity index (χ4v) is 1.75. The maximum atomic E-state index is 12.1. The molecule has 1 aromatic heterocycles. The molecule has 0 atom stereocenters. The molecule has 104 valence electrons. The first kappa shape index (κ1) is 13.6. The van der Waals surface area contributed by atoms with Gasteiger partial charge in [0, 0.05) is 13.2 Å². The molecule has 7 heteroatoms. The maximum Gasteiger partial charge on any atom is 0.357 e. The zero-order valence-corrected chi connectivity index (χ0v) is 11.0. The van der Waals surface area contributed by atoms with Gasteiger partial charge < -0.3 is 15.2 Å². The number of carboxylic acids is 1. The van der Waals surface area contributed by atoms with Gasteiger partial charge >= 0.3 is 5.97 Å². The minimum atomic E-state index is -1.25. The second kappa shape index (κ2) is 5.43. The van der Waals surface area contributed by atoms with Crippen LogP contribution in [0.4, 0.5) is 5.69 Å². The summed E-state index contributed by atoms with van der Waals surface area (Å²) in [6, 6.07) is 6.85. The van der Waals surface area contributed by atoms with Crippen LogP contribution in [0.1, 0.15) is 20.8 Å². The van der Waals surface area contributed by atoms with E-state index in [1.54, 1.807) is 31.3 Å². The number of nitrogens with one attached hydrogen (secondary N) is 1. The molecule has 0 bridgehead atoms. The minimum absolute atomic E-state index is 0.00842. The van der Waals surface area contributed by atoms with E-state index in [2.05, 4.69) is 10.4 Å². The fourth-order valence-electron chi connectivity index (χ4n) is 1.75. The Morgan fingerprint density at radius 3 is 2.70 bits per heavy atom. The highest BCUT2D eigenvalue weighted by Crippen LogP contribution is 2.24. The number of carbonyl (C=O) groups is 2. The van der Waals surface area contributed by atoms with E-state index in [0.717, 1.165) is 0 Å². The van der Waals surface area contributed by atoms with Crippen LogP contribution in [0.5, 0.6) is 5.75 Å². The van der Waals surface area contributed by atoms with Crippen LogP contribution in [-0.4, -0.2) is 33.9 Å². The monoisotopic (exact) mass is 275 g/mol. The molecule has 1 amide bonds. The van der Waals surface area contributed by atoms with Crippen LogP contribution in [0.25, 0.3) is 0 Å². The zero-order chi connectivity index (χ0) is 14.7. The maximum absolute atomic E-state index is 12.1. The topological polar surface area (TPSA) is 93.5 Å². The summed E-state index contributed by atoms with van der Waals surface area (Å²) in [5, 5.41) is 15.4. The van der Waals surface area contributed by atoms with Crippen LogP contribution in [0.3, 0.4) is 0 Å². The van der Waals surface area contributed by atoms with Crippen LogP contribution >= 0.6 is 0 Å². The number of aryl methyl sites for hydroxylation is 1. The third-order valence-electron chi connectivity index (χ3n) is 2.63. The average Bonchev–Trinajstić information content (AvgIpc) is 2.82. The normalized spacial score (nSPS) is 10.1. The van der Waals surface area contributed by atoms with E-state index in [-0.39, 0.29) is 11.3 Å². The number of methoxy groups -OCH3 is 1. The zero-order valence-electron chi connectivity index (χ0n) is 11.0. The Kier molecular flexibility index (Phi) is 3.69. The summed E-state index contributed by atoms with van der Waals surface area (Å²) in [6.45, 7) is 0. The lowest BCUT2D eigenvalue weighted by atomic mass is 10.2. The smallest absolute Gasteiger partial charge is 0.357 e. The van der Waals surface area contributed by atoms with Crippen molar-refractivity contribution in [3.05, 3.63) is 41.7 Å². The first-order chi connectivity index (χ1) is 9.52. The van der Waals surface area contributed by atoms with Crippen LogP contribution < -0.4 is 10.1 Å². The number of para-hydroxylation sites is 2. The Labute approximate surface area is 114 Å². The number of aromatic nitrogens is 2. The lowest BCUT2D eigenvalue weighted by molar-refractivity contribution is 0.0685. The molecule has 2 aromatic rings. The summed E-state index contributed by atoms with van der Waals surface area (Å²) in [4.78, 5) is 23.2. The third-order valence-corrected chi connectivity index (χ3v) is 2.63. The van der Waals surface area contributed by atoms with Crippen LogP contribution in [0, 0.1) is 0 Å². The highest BCUT2D eigenvalue weighted by molar-refractivity contribution is 6.10. The molecule has 1 heterocycles. The molecule has 0 saturated carbocycles. The van der Waals surface area contributed by atoms with Crippen molar-refractivity contribution in [2.45, 2.75) is 0 Å². The lowest BCUT2D eigenvalue weighted by Gasteiger charge is -2.09. The lowest BCUT2D eigenvalue weighted by Crippen LogP contribution is -2.15. The van der Waals surface area contributed by atoms with Gasteiger partial charge in [0.1, 0.15) is 5.75 Å². The van der Waals surface area contributed by atoms with Gasteiger partial charge in [0.05, 0.1) is 18.4 Å². The standard InChI is InChI=1S/C13H13N3O4/c1-16-7-8(11(15-16)13(18)19)12(17)14-9-5-3-4-6-10(9)20-2/h3-7H,1-2H3,(H,14,17)(H,18,19). The molecule has 0 saturated heterocycles. The molecule has 1 aromatic carbocycles. The average molecular weight is 275 g/mol. The molecule has 7 nitrogen and oxygen atoms in total. The minimum Gasteiger partial charge on any atom is -0.495 e. The molecule has 0 fully saturated rings. The van der Waals surface area contributed by atoms with E-state index in [1.165, 1.54) is 18.0 Å². The predicted molar refractivity (Wildman–Crippen MR) is 71.1 cm³/mol. The third kappa shape index (κ3) is 2.61. The van der Waals surface area contributed by atoms with Gasteiger partial charge in [-0.1, -0.05) is 12.1 Å². The molecule has 2 rings (SSSR count). The molecule has 0 spiro atoms. The Bertz CT molecular complexity index is 663. The number of amides is 1. The number of aromatic carboxylic acids is 1. The summed E-state index contributed by atoms with van der Waals surface area (Å²) in [5.41, 5.74) is 0.158. The van der Waals surface area contributed by atoms with Crippen molar-refractivity contribution in [3.8, 4) is 5.75 Å². The van der Waals surface area contributed by atoms with Gasteiger partial charge in [-0.2, -0.15) is 5.10 Å². The van der Waals surface area contributed by atoms with Crippen molar-refractivity contribution in [2.24, 2.45) is 7.05 Å². The fraction of sp³-hybridized carbons (Fsp3) is 0.154. The molecular weight excluding hydrogens is 262 g/mol. The SMILES string of the molecule is COc1ccccc1NC(=O)c1cn(C)nc1C(=O)O. The van der Waals surface area contributed by atoms with Gasteiger partial charge in [0.15, 0.2) is 5.69 Å². The van der Waals surface area contributed by atoms with E-state index in [9.17, 15) is 9.59 Å². The van der Waals surface area contributed by atoms with Crippen molar-refractivity contribution >= 4 is 17.6 Å². The molecule has 0 aliphatic rings. The van der Waals surface area contributed by atoms with Gasteiger partial charge in [-0.3, -0.25) is 9.48 Å². The molecular formula is C13H13N3O4. The molecule has 0 radical (unpaired) electrons. The number of hydrogen-bond acceptors (Lipinski definition) is 4. The van der Waals surface area contributed by atoms with Crippen LogP contribution in [-0.2, 0) is 7.05 Å². The molecule has 0 unspecified atom stereocenters. The number of anilines is 1. The van der Waals surface area contributed by atoms with Gasteiger partial charge in [-0.25, -0.2) is 4.79 Å². The van der Waals surface area contributed by atoms with E-state index < -0.39 is 11.9 Å². The number of carboxylic acid groups (broad SMARTS) is 1. The Hall–Kier alpha value is -2.83. The highest BCUT2D eigenvalue weighted by atomic mass is 16.5. The summed E-state index contributed by atoms with van der Waals surface area (Å²) < 4.78 is 6.39. The van der Waals surface area contributed by atoms with Crippen molar-refractivity contribution in [1.29, 1.82) is 0 Å². The van der Waals surface area contributed by atoms with Gasteiger partial charge in [0.2, 0.25) is 0 Å². The summed E-state index contributed by atoms with van der Waals surface area (Å²) in [6.07, 6.45) is 1.36. The molecule has 2 N–H and O–H groups in total. The largest absolute Gasteiger partial charge is 0.495 e. The first-order valence-electron chi connectivity index (χ1n) is 5.74. The molecule has 0 aliphatic heterocycles. The second-order valence-electron chi connectivity index (χ2n) is 4.02. The Balaban J connectivity index is 2.31. The summed E-state index contributed by atoms with van der Waals surface area (Å²) in [5.74, 6) is -1.32. The van der Waals surface area contributed by atoms with E-state index >= 15 is 0 Å². The van der Waals surface area contributed by atoms with Crippen LogP contribution in [0.2, 0.25) is 0 Å². The predicted octanol–water partition coefficient (Wildman–Crippen LogP) is 1.38. The van der Waals surface area contributed by atoms with Crippen molar-refractivity contribution in [1.82, 2.24) is 9.78 Å².